The van der Waals surface area contributed by atoms with Gasteiger partial charge in [0.1, 0.15) is 5.82 Å². The number of ether oxygens (including phenoxy) is 2. The van der Waals surface area contributed by atoms with E-state index in [1.807, 2.05) is 4.90 Å². The van der Waals surface area contributed by atoms with Crippen molar-refractivity contribution in [3.8, 4) is 0 Å². The zero-order valence-electron chi connectivity index (χ0n) is 13.4. The molecule has 1 amide bonds. The minimum absolute atomic E-state index is 0.0405. The van der Waals surface area contributed by atoms with Gasteiger partial charge in [-0.1, -0.05) is 25.0 Å². The maximum Gasteiger partial charge on any atom is 0.254 e. The van der Waals surface area contributed by atoms with Crippen LogP contribution in [0.5, 0.6) is 0 Å². The van der Waals surface area contributed by atoms with Gasteiger partial charge in [-0.25, -0.2) is 4.39 Å². The Balaban J connectivity index is 1.64. The number of benzene rings is 1. The van der Waals surface area contributed by atoms with Gasteiger partial charge < -0.3 is 14.4 Å². The minimum atomic E-state index is -0.474. The molecule has 1 aliphatic carbocycles. The van der Waals surface area contributed by atoms with E-state index in [0.29, 0.717) is 32.4 Å². The van der Waals surface area contributed by atoms with Crippen molar-refractivity contribution in [3.63, 3.8) is 0 Å². The van der Waals surface area contributed by atoms with Crippen molar-refractivity contribution in [2.24, 2.45) is 0 Å². The van der Waals surface area contributed by atoms with Gasteiger partial charge in [-0.3, -0.25) is 4.79 Å². The summed E-state index contributed by atoms with van der Waals surface area (Å²) in [6, 6.07) is 6.80. The van der Waals surface area contributed by atoms with E-state index in [0.717, 1.165) is 24.8 Å². The molecule has 23 heavy (non-hydrogen) atoms. The van der Waals surface area contributed by atoms with E-state index in [4.69, 9.17) is 9.47 Å². The monoisotopic (exact) mass is 321 g/mol. The molecule has 0 aromatic heterocycles. The summed E-state index contributed by atoms with van der Waals surface area (Å²) in [6.45, 7) is 2.03. The number of nitrogens with zero attached hydrogens (tertiary/aromatic N) is 1. The number of halogens is 1. The molecule has 3 rings (SSSR count). The molecule has 1 unspecified atom stereocenters. The van der Waals surface area contributed by atoms with Crippen LogP contribution in [0.4, 0.5) is 4.39 Å². The third-order valence-electron chi connectivity index (χ3n) is 4.69. The van der Waals surface area contributed by atoms with Crippen LogP contribution in [0.25, 0.3) is 0 Å². The van der Waals surface area contributed by atoms with Crippen molar-refractivity contribution in [2.45, 2.75) is 44.2 Å². The second kappa shape index (κ2) is 7.88. The molecule has 0 N–H and O–H groups in total. The molecule has 2 aliphatic rings. The van der Waals surface area contributed by atoms with Crippen molar-refractivity contribution < 1.29 is 18.7 Å². The maximum atomic E-state index is 13.0. The van der Waals surface area contributed by atoms with Crippen LogP contribution >= 0.6 is 0 Å². The van der Waals surface area contributed by atoms with E-state index in [1.165, 1.54) is 25.0 Å². The number of hydrogen-bond donors (Lipinski definition) is 0. The molecule has 4 nitrogen and oxygen atoms in total. The highest BCUT2D eigenvalue weighted by Gasteiger charge is 2.32. The van der Waals surface area contributed by atoms with Crippen LogP contribution in [0.15, 0.2) is 24.3 Å². The molecule has 0 bridgehead atoms. The van der Waals surface area contributed by atoms with Crippen molar-refractivity contribution in [2.75, 3.05) is 26.4 Å². The third-order valence-corrected chi connectivity index (χ3v) is 4.69. The van der Waals surface area contributed by atoms with Gasteiger partial charge in [-0.2, -0.15) is 0 Å². The standard InChI is InChI=1S/C18H24FNO3/c19-15-7-5-14(6-8-15)9-10-20(16-3-1-2-4-16)18(21)17-13-22-11-12-23-17/h5-8,16-17H,1-4,9-13H2. The summed E-state index contributed by atoms with van der Waals surface area (Å²) in [5.74, 6) is -0.191. The Hall–Kier alpha value is -1.46. The quantitative estimate of drug-likeness (QED) is 0.836. The molecule has 1 atom stereocenters. The smallest absolute Gasteiger partial charge is 0.254 e. The average Bonchev–Trinajstić information content (AvgIpc) is 3.12. The topological polar surface area (TPSA) is 38.8 Å². The Kier molecular flexibility index (Phi) is 5.62. The fraction of sp³-hybridized carbons (Fsp3) is 0.611. The Labute approximate surface area is 136 Å². The first kappa shape index (κ1) is 16.4. The summed E-state index contributed by atoms with van der Waals surface area (Å²) in [7, 11) is 0. The van der Waals surface area contributed by atoms with Crippen LogP contribution in [0, 0.1) is 5.82 Å². The number of hydrogen-bond acceptors (Lipinski definition) is 3. The molecular weight excluding hydrogens is 297 g/mol. The van der Waals surface area contributed by atoms with E-state index in [1.54, 1.807) is 12.1 Å². The summed E-state index contributed by atoms with van der Waals surface area (Å²) >= 11 is 0. The molecule has 1 saturated carbocycles. The molecule has 2 fully saturated rings. The largest absolute Gasteiger partial charge is 0.376 e. The lowest BCUT2D eigenvalue weighted by atomic mass is 10.1. The van der Waals surface area contributed by atoms with Gasteiger partial charge in [0, 0.05) is 12.6 Å². The van der Waals surface area contributed by atoms with Gasteiger partial charge in [-0.05, 0) is 37.0 Å². The van der Waals surface area contributed by atoms with Crippen molar-refractivity contribution in [3.05, 3.63) is 35.6 Å². The molecule has 1 aromatic rings. The number of rotatable bonds is 5. The van der Waals surface area contributed by atoms with Gasteiger partial charge >= 0.3 is 0 Å². The van der Waals surface area contributed by atoms with Crippen LogP contribution in [0.3, 0.4) is 0 Å². The highest BCUT2D eigenvalue weighted by atomic mass is 19.1. The number of carbonyl (C=O) groups is 1. The fourth-order valence-electron chi connectivity index (χ4n) is 3.40. The summed E-state index contributed by atoms with van der Waals surface area (Å²) in [6.07, 6.45) is 4.72. The molecule has 0 spiro atoms. The van der Waals surface area contributed by atoms with E-state index in [2.05, 4.69) is 0 Å². The first-order valence-corrected chi connectivity index (χ1v) is 8.48. The number of amides is 1. The van der Waals surface area contributed by atoms with Gasteiger partial charge in [0.2, 0.25) is 0 Å². The normalized spacial score (nSPS) is 22.2. The van der Waals surface area contributed by atoms with Gasteiger partial charge in [-0.15, -0.1) is 0 Å². The summed E-state index contributed by atoms with van der Waals surface area (Å²) in [5.41, 5.74) is 1.04. The van der Waals surface area contributed by atoms with Crippen LogP contribution in [0.2, 0.25) is 0 Å². The van der Waals surface area contributed by atoms with E-state index in [-0.39, 0.29) is 11.7 Å². The first-order valence-electron chi connectivity index (χ1n) is 8.48. The highest BCUT2D eigenvalue weighted by molar-refractivity contribution is 5.81. The minimum Gasteiger partial charge on any atom is -0.376 e. The Morgan fingerprint density at radius 2 is 1.91 bits per heavy atom. The second-order valence-corrected chi connectivity index (χ2v) is 6.28. The van der Waals surface area contributed by atoms with Crippen molar-refractivity contribution in [1.82, 2.24) is 4.90 Å². The molecule has 0 radical (unpaired) electrons. The highest BCUT2D eigenvalue weighted by Crippen LogP contribution is 2.25. The van der Waals surface area contributed by atoms with Crippen LogP contribution < -0.4 is 0 Å². The van der Waals surface area contributed by atoms with Crippen LogP contribution in [-0.2, 0) is 20.7 Å². The van der Waals surface area contributed by atoms with Gasteiger partial charge in [0.15, 0.2) is 6.10 Å². The zero-order valence-corrected chi connectivity index (χ0v) is 13.4. The van der Waals surface area contributed by atoms with Gasteiger partial charge in [0.05, 0.1) is 19.8 Å². The SMILES string of the molecule is O=C(C1COCCO1)N(CCc1ccc(F)cc1)C1CCCC1. The van der Waals surface area contributed by atoms with E-state index in [9.17, 15) is 9.18 Å². The lowest BCUT2D eigenvalue weighted by Crippen LogP contribution is -2.49. The summed E-state index contributed by atoms with van der Waals surface area (Å²) in [5, 5.41) is 0. The zero-order chi connectivity index (χ0) is 16.1. The van der Waals surface area contributed by atoms with Gasteiger partial charge in [0.25, 0.3) is 5.91 Å². The maximum absolute atomic E-state index is 13.0. The third kappa shape index (κ3) is 4.30. The molecule has 1 heterocycles. The summed E-state index contributed by atoms with van der Waals surface area (Å²) < 4.78 is 24.0. The van der Waals surface area contributed by atoms with E-state index >= 15 is 0 Å². The molecule has 1 saturated heterocycles. The lowest BCUT2D eigenvalue weighted by Gasteiger charge is -2.33. The first-order chi connectivity index (χ1) is 11.2. The molecule has 1 aliphatic heterocycles. The Bertz CT molecular complexity index is 508. The Morgan fingerprint density at radius 3 is 2.57 bits per heavy atom. The molecular formula is C18H24FNO3. The Morgan fingerprint density at radius 1 is 1.17 bits per heavy atom. The fourth-order valence-corrected chi connectivity index (χ4v) is 3.40. The molecule has 1 aromatic carbocycles. The lowest BCUT2D eigenvalue weighted by molar-refractivity contribution is -0.160. The molecule has 5 heteroatoms. The second-order valence-electron chi connectivity index (χ2n) is 6.28. The van der Waals surface area contributed by atoms with Crippen molar-refractivity contribution in [1.29, 1.82) is 0 Å². The summed E-state index contributed by atoms with van der Waals surface area (Å²) in [4.78, 5) is 14.8. The number of carbonyl (C=O) groups excluding carboxylic acids is 1. The van der Waals surface area contributed by atoms with Crippen molar-refractivity contribution >= 4 is 5.91 Å². The van der Waals surface area contributed by atoms with Crippen LogP contribution in [-0.4, -0.2) is 49.3 Å². The van der Waals surface area contributed by atoms with Crippen LogP contribution in [0.1, 0.15) is 31.2 Å². The predicted octanol–water partition coefficient (Wildman–Crippen LogP) is 2.55. The molecule has 126 valence electrons. The average molecular weight is 321 g/mol. The predicted molar refractivity (Wildman–Crippen MR) is 84.6 cm³/mol. The van der Waals surface area contributed by atoms with E-state index < -0.39 is 6.10 Å².